The number of fused-ring (bicyclic) bond motifs is 1. The minimum absolute atomic E-state index is 0.196. The molecule has 0 unspecified atom stereocenters. The van der Waals surface area contributed by atoms with Gasteiger partial charge in [0.1, 0.15) is 29.6 Å². The number of anilines is 1. The summed E-state index contributed by atoms with van der Waals surface area (Å²) in [6.45, 7) is 1.84. The van der Waals surface area contributed by atoms with Gasteiger partial charge < -0.3 is 15.0 Å². The van der Waals surface area contributed by atoms with Crippen LogP contribution in [0.15, 0.2) is 43.0 Å². The highest BCUT2D eigenvalue weighted by Gasteiger charge is 2.15. The first-order valence-corrected chi connectivity index (χ1v) is 8.14. The topological polar surface area (TPSA) is 116 Å². The van der Waals surface area contributed by atoms with E-state index < -0.39 is 0 Å². The quantitative estimate of drug-likeness (QED) is 0.599. The van der Waals surface area contributed by atoms with Gasteiger partial charge in [-0.05, 0) is 30.7 Å². The zero-order chi connectivity index (χ0) is 19.0. The highest BCUT2D eigenvalue weighted by Crippen LogP contribution is 2.34. The van der Waals surface area contributed by atoms with E-state index in [9.17, 15) is 5.26 Å². The Morgan fingerprint density at radius 1 is 1.19 bits per heavy atom. The zero-order valence-corrected chi connectivity index (χ0v) is 14.7. The monoisotopic (exact) mass is 357 g/mol. The number of nitrogens with two attached hydrogens (primary N) is 1. The second-order valence-electron chi connectivity index (χ2n) is 6.02. The van der Waals surface area contributed by atoms with Gasteiger partial charge in [-0.1, -0.05) is 6.07 Å². The molecule has 0 spiro atoms. The Labute approximate surface area is 154 Å². The van der Waals surface area contributed by atoms with Crippen molar-refractivity contribution in [3.05, 3.63) is 54.2 Å². The SMILES string of the molecule is Cc1ccnc(Oc2ccc(-c3cn(C)c4ncnc(N)c34)cc2C#N)n1. The Bertz CT molecular complexity index is 1210. The van der Waals surface area contributed by atoms with E-state index in [1.54, 1.807) is 24.4 Å². The number of hydrogen-bond acceptors (Lipinski definition) is 7. The summed E-state index contributed by atoms with van der Waals surface area (Å²) >= 11 is 0. The molecule has 8 heteroatoms. The van der Waals surface area contributed by atoms with Gasteiger partial charge in [-0.25, -0.2) is 19.9 Å². The lowest BCUT2D eigenvalue weighted by Gasteiger charge is -2.08. The van der Waals surface area contributed by atoms with Crippen LogP contribution in [0.2, 0.25) is 0 Å². The van der Waals surface area contributed by atoms with Crippen LogP contribution in [0.25, 0.3) is 22.2 Å². The first kappa shape index (κ1) is 16.5. The number of nitrogen functional groups attached to an aromatic ring is 1. The van der Waals surface area contributed by atoms with E-state index in [0.29, 0.717) is 17.1 Å². The van der Waals surface area contributed by atoms with Crippen LogP contribution in [0.4, 0.5) is 5.82 Å². The Morgan fingerprint density at radius 3 is 2.81 bits per heavy atom. The molecule has 0 saturated carbocycles. The van der Waals surface area contributed by atoms with Crippen LogP contribution in [0.3, 0.4) is 0 Å². The van der Waals surface area contributed by atoms with Crippen molar-refractivity contribution in [2.75, 3.05) is 5.73 Å². The summed E-state index contributed by atoms with van der Waals surface area (Å²) in [5.74, 6) is 0.777. The molecular formula is C19H15N7O. The summed E-state index contributed by atoms with van der Waals surface area (Å²) in [6.07, 6.45) is 4.95. The molecule has 132 valence electrons. The number of rotatable bonds is 3. The summed E-state index contributed by atoms with van der Waals surface area (Å²) in [5, 5.41) is 10.3. The van der Waals surface area contributed by atoms with Crippen LogP contribution in [0.5, 0.6) is 11.8 Å². The molecule has 4 rings (SSSR count). The van der Waals surface area contributed by atoms with Gasteiger partial charge in [-0.15, -0.1) is 0 Å². The van der Waals surface area contributed by atoms with Gasteiger partial charge in [0.25, 0.3) is 0 Å². The van der Waals surface area contributed by atoms with Gasteiger partial charge in [-0.3, -0.25) is 0 Å². The van der Waals surface area contributed by atoms with Crippen molar-refractivity contribution < 1.29 is 4.74 Å². The molecular weight excluding hydrogens is 342 g/mol. The van der Waals surface area contributed by atoms with E-state index in [-0.39, 0.29) is 6.01 Å². The number of aromatic nitrogens is 5. The molecule has 0 aliphatic carbocycles. The number of nitrogens with zero attached hydrogens (tertiary/aromatic N) is 6. The molecule has 1 aromatic carbocycles. The largest absolute Gasteiger partial charge is 0.423 e. The molecule has 0 saturated heterocycles. The lowest BCUT2D eigenvalue weighted by Crippen LogP contribution is -1.96. The van der Waals surface area contributed by atoms with Crippen LogP contribution in [0, 0.1) is 18.3 Å². The van der Waals surface area contributed by atoms with Crippen LogP contribution >= 0.6 is 0 Å². The molecule has 0 fully saturated rings. The van der Waals surface area contributed by atoms with Gasteiger partial charge in [-0.2, -0.15) is 5.26 Å². The molecule has 0 amide bonds. The van der Waals surface area contributed by atoms with Crippen LogP contribution in [0.1, 0.15) is 11.3 Å². The third kappa shape index (κ3) is 2.91. The zero-order valence-electron chi connectivity index (χ0n) is 14.7. The smallest absolute Gasteiger partial charge is 0.322 e. The number of benzene rings is 1. The van der Waals surface area contributed by atoms with Crippen LogP contribution in [-0.2, 0) is 7.05 Å². The van der Waals surface area contributed by atoms with E-state index >= 15 is 0 Å². The van der Waals surface area contributed by atoms with E-state index in [2.05, 4.69) is 26.0 Å². The lowest BCUT2D eigenvalue weighted by molar-refractivity contribution is 0.439. The predicted octanol–water partition coefficient (Wildman–Crippen LogP) is 2.98. The van der Waals surface area contributed by atoms with Crippen LogP contribution in [-0.4, -0.2) is 24.5 Å². The first-order chi connectivity index (χ1) is 13.1. The summed E-state index contributed by atoms with van der Waals surface area (Å²) in [7, 11) is 1.88. The minimum atomic E-state index is 0.196. The third-order valence-corrected chi connectivity index (χ3v) is 4.17. The van der Waals surface area contributed by atoms with E-state index in [4.69, 9.17) is 10.5 Å². The summed E-state index contributed by atoms with van der Waals surface area (Å²) < 4.78 is 7.56. The van der Waals surface area contributed by atoms with E-state index in [0.717, 1.165) is 27.9 Å². The highest BCUT2D eigenvalue weighted by molar-refractivity contribution is 6.00. The standard InChI is InChI=1S/C19H15N7O/c1-11-5-6-22-19(25-11)27-15-4-3-12(7-13(15)8-20)14-9-26(2)18-16(14)17(21)23-10-24-18/h3-7,9-10H,1-2H3,(H2,21,23,24). The van der Waals surface area contributed by atoms with Crippen LogP contribution < -0.4 is 10.5 Å². The molecule has 0 aliphatic heterocycles. The maximum absolute atomic E-state index is 9.57. The third-order valence-electron chi connectivity index (χ3n) is 4.17. The number of nitriles is 1. The molecule has 27 heavy (non-hydrogen) atoms. The Hall–Kier alpha value is -3.99. The minimum Gasteiger partial charge on any atom is -0.423 e. The van der Waals surface area contributed by atoms with E-state index in [1.165, 1.54) is 6.33 Å². The maximum Gasteiger partial charge on any atom is 0.322 e. The fourth-order valence-electron chi connectivity index (χ4n) is 2.90. The van der Waals surface area contributed by atoms with Crippen molar-refractivity contribution in [3.63, 3.8) is 0 Å². The maximum atomic E-state index is 9.57. The second-order valence-corrected chi connectivity index (χ2v) is 6.02. The van der Waals surface area contributed by atoms with Gasteiger partial charge in [0.05, 0.1) is 10.9 Å². The summed E-state index contributed by atoms with van der Waals surface area (Å²) in [4.78, 5) is 16.6. The van der Waals surface area contributed by atoms with Crippen molar-refractivity contribution >= 4 is 16.9 Å². The summed E-state index contributed by atoms with van der Waals surface area (Å²) in [6, 6.07) is 9.45. The van der Waals surface area contributed by atoms with Gasteiger partial charge in [0.15, 0.2) is 0 Å². The molecule has 3 aromatic heterocycles. The van der Waals surface area contributed by atoms with Crippen molar-refractivity contribution in [2.24, 2.45) is 7.05 Å². The van der Waals surface area contributed by atoms with Crippen molar-refractivity contribution in [1.82, 2.24) is 24.5 Å². The second kappa shape index (κ2) is 6.38. The molecule has 0 aliphatic rings. The number of aryl methyl sites for hydroxylation is 2. The lowest BCUT2D eigenvalue weighted by atomic mass is 10.0. The highest BCUT2D eigenvalue weighted by atomic mass is 16.5. The van der Waals surface area contributed by atoms with Gasteiger partial charge in [0.2, 0.25) is 0 Å². The fourth-order valence-corrected chi connectivity index (χ4v) is 2.90. The predicted molar refractivity (Wildman–Crippen MR) is 99.9 cm³/mol. The average Bonchev–Trinajstić information content (AvgIpc) is 3.00. The van der Waals surface area contributed by atoms with Crippen molar-refractivity contribution in [2.45, 2.75) is 6.92 Å². The molecule has 4 aromatic rings. The Morgan fingerprint density at radius 2 is 2.04 bits per heavy atom. The molecule has 3 heterocycles. The number of hydrogen-bond donors (Lipinski definition) is 1. The van der Waals surface area contributed by atoms with Crippen molar-refractivity contribution in [1.29, 1.82) is 5.26 Å². The molecule has 0 bridgehead atoms. The fraction of sp³-hybridized carbons (Fsp3) is 0.105. The Balaban J connectivity index is 1.80. The van der Waals surface area contributed by atoms with Gasteiger partial charge in [0, 0.05) is 30.7 Å². The first-order valence-electron chi connectivity index (χ1n) is 8.14. The number of ether oxygens (including phenoxy) is 1. The molecule has 2 N–H and O–H groups in total. The normalized spacial score (nSPS) is 10.7. The molecule has 8 nitrogen and oxygen atoms in total. The van der Waals surface area contributed by atoms with Gasteiger partial charge >= 0.3 is 6.01 Å². The van der Waals surface area contributed by atoms with Crippen molar-refractivity contribution in [3.8, 4) is 29.0 Å². The average molecular weight is 357 g/mol. The molecule has 0 radical (unpaired) electrons. The van der Waals surface area contributed by atoms with E-state index in [1.807, 2.05) is 30.8 Å². The Kier molecular flexibility index (Phi) is 3.90. The summed E-state index contributed by atoms with van der Waals surface area (Å²) in [5.41, 5.74) is 9.59. The molecule has 0 atom stereocenters.